The average molecular weight is 416 g/mol. The molecule has 30 heavy (non-hydrogen) atoms. The van der Waals surface area contributed by atoms with Crippen LogP contribution in [0.25, 0.3) is 33.0 Å². The minimum absolute atomic E-state index is 0.347. The Morgan fingerprint density at radius 3 is 2.07 bits per heavy atom. The number of rotatable bonds is 5. The Morgan fingerprint density at radius 1 is 0.833 bits per heavy atom. The fourth-order valence-electron chi connectivity index (χ4n) is 4.38. The summed E-state index contributed by atoms with van der Waals surface area (Å²) in [6, 6.07) is 15.9. The molecule has 6 heteroatoms. The van der Waals surface area contributed by atoms with Crippen LogP contribution in [0.2, 0.25) is 0 Å². The summed E-state index contributed by atoms with van der Waals surface area (Å²) in [5.41, 5.74) is 4.51. The van der Waals surface area contributed by atoms with Crippen LogP contribution in [0.4, 0.5) is 0 Å². The molecule has 1 N–H and O–H groups in total. The Bertz CT molecular complexity index is 1360. The average Bonchev–Trinajstić information content (AvgIpc) is 3.37. The Morgan fingerprint density at radius 2 is 1.40 bits per heavy atom. The van der Waals surface area contributed by atoms with E-state index in [0.29, 0.717) is 11.1 Å². The molecule has 0 unspecified atom stereocenters. The summed E-state index contributed by atoms with van der Waals surface area (Å²) in [4.78, 5) is 25.9. The monoisotopic (exact) mass is 415 g/mol. The molecule has 0 radical (unpaired) electrons. The number of fused-ring (bicyclic) bond motifs is 2. The van der Waals surface area contributed by atoms with E-state index >= 15 is 0 Å². The molecule has 150 valence electrons. The molecule has 0 aliphatic carbocycles. The summed E-state index contributed by atoms with van der Waals surface area (Å²) in [6.45, 7) is 0.802. The lowest BCUT2D eigenvalue weighted by atomic mass is 9.95. The van der Waals surface area contributed by atoms with Crippen molar-refractivity contribution in [2.24, 2.45) is 7.05 Å². The lowest BCUT2D eigenvalue weighted by Gasteiger charge is -2.03. The van der Waals surface area contributed by atoms with Crippen molar-refractivity contribution in [3.05, 3.63) is 72.1 Å². The van der Waals surface area contributed by atoms with Crippen molar-refractivity contribution in [1.82, 2.24) is 14.5 Å². The molecule has 5 nitrogen and oxygen atoms in total. The summed E-state index contributed by atoms with van der Waals surface area (Å²) >= 11 is 4.33. The zero-order chi connectivity index (χ0) is 20.8. The number of hydrogen-bond donors (Lipinski definition) is 2. The van der Waals surface area contributed by atoms with E-state index in [1.165, 1.54) is 0 Å². The van der Waals surface area contributed by atoms with Gasteiger partial charge in [-0.3, -0.25) is 14.9 Å². The van der Waals surface area contributed by atoms with Gasteiger partial charge in [0.1, 0.15) is 0 Å². The van der Waals surface area contributed by atoms with Gasteiger partial charge < -0.3 is 9.13 Å². The largest absolute Gasteiger partial charge is 0.350 e. The summed E-state index contributed by atoms with van der Waals surface area (Å²) < 4.78 is 4.13. The smallest absolute Gasteiger partial charge is 0.259 e. The van der Waals surface area contributed by atoms with Crippen molar-refractivity contribution in [3.63, 3.8) is 0 Å². The Labute approximate surface area is 179 Å². The predicted molar refractivity (Wildman–Crippen MR) is 123 cm³/mol. The van der Waals surface area contributed by atoms with E-state index in [2.05, 4.69) is 22.5 Å². The first-order chi connectivity index (χ1) is 14.6. The molecule has 0 saturated heterocycles. The van der Waals surface area contributed by atoms with Crippen LogP contribution < -0.4 is 5.32 Å². The van der Waals surface area contributed by atoms with Crippen LogP contribution >= 0.6 is 12.6 Å². The molecule has 0 atom stereocenters. The highest BCUT2D eigenvalue weighted by Crippen LogP contribution is 2.38. The zero-order valence-corrected chi connectivity index (χ0v) is 17.4. The second-order valence-corrected chi connectivity index (χ2v) is 7.98. The van der Waals surface area contributed by atoms with Crippen molar-refractivity contribution < 1.29 is 9.59 Å². The molecule has 0 spiro atoms. The third-order valence-electron chi connectivity index (χ3n) is 5.71. The number of carbonyl (C=O) groups is 2. The zero-order valence-electron chi connectivity index (χ0n) is 16.6. The third kappa shape index (κ3) is 2.79. The van der Waals surface area contributed by atoms with Gasteiger partial charge in [-0.1, -0.05) is 36.4 Å². The number of imide groups is 1. The van der Waals surface area contributed by atoms with Gasteiger partial charge in [0.15, 0.2) is 0 Å². The van der Waals surface area contributed by atoms with Gasteiger partial charge in [0, 0.05) is 58.9 Å². The maximum atomic E-state index is 13.0. The number of benzene rings is 2. The molecular weight excluding hydrogens is 394 g/mol. The normalized spacial score (nSPS) is 14.3. The number of aromatic nitrogens is 2. The van der Waals surface area contributed by atoms with E-state index in [9.17, 15) is 9.59 Å². The van der Waals surface area contributed by atoms with E-state index < -0.39 is 0 Å². The van der Waals surface area contributed by atoms with E-state index in [0.717, 1.165) is 51.7 Å². The van der Waals surface area contributed by atoms with Gasteiger partial charge in [0.05, 0.1) is 11.1 Å². The number of para-hydroxylation sites is 2. The minimum Gasteiger partial charge on any atom is -0.350 e. The number of thiol groups is 1. The molecule has 4 aromatic rings. The Balaban J connectivity index is 1.81. The van der Waals surface area contributed by atoms with Gasteiger partial charge in [0.25, 0.3) is 11.8 Å². The molecule has 0 fully saturated rings. The molecular formula is C24H21N3O2S. The number of amides is 2. The number of hydrogen-bond acceptors (Lipinski definition) is 3. The molecule has 1 aliphatic rings. The summed E-state index contributed by atoms with van der Waals surface area (Å²) in [6.07, 6.45) is 4.84. The van der Waals surface area contributed by atoms with Gasteiger partial charge >= 0.3 is 0 Å². The van der Waals surface area contributed by atoms with Gasteiger partial charge in [-0.25, -0.2) is 0 Å². The molecule has 2 aromatic carbocycles. The van der Waals surface area contributed by atoms with E-state index in [1.807, 2.05) is 72.5 Å². The highest BCUT2D eigenvalue weighted by Gasteiger charge is 2.35. The summed E-state index contributed by atoms with van der Waals surface area (Å²) in [5.74, 6) is 0.0867. The van der Waals surface area contributed by atoms with Crippen molar-refractivity contribution in [2.45, 2.75) is 13.0 Å². The van der Waals surface area contributed by atoms with Crippen LogP contribution in [0.1, 0.15) is 17.5 Å². The van der Waals surface area contributed by atoms with Crippen LogP contribution in [-0.4, -0.2) is 26.7 Å². The number of carbonyl (C=O) groups excluding carboxylic acids is 2. The molecule has 0 bridgehead atoms. The van der Waals surface area contributed by atoms with Crippen LogP contribution in [0.5, 0.6) is 0 Å². The van der Waals surface area contributed by atoms with Crippen molar-refractivity contribution in [2.75, 3.05) is 5.75 Å². The number of nitrogens with one attached hydrogen (secondary N) is 1. The molecule has 2 aromatic heterocycles. The van der Waals surface area contributed by atoms with Gasteiger partial charge in [-0.15, -0.1) is 0 Å². The summed E-state index contributed by atoms with van der Waals surface area (Å²) in [5, 5.41) is 4.44. The van der Waals surface area contributed by atoms with Crippen molar-refractivity contribution in [1.29, 1.82) is 0 Å². The third-order valence-corrected chi connectivity index (χ3v) is 6.03. The van der Waals surface area contributed by atoms with E-state index in [-0.39, 0.29) is 11.8 Å². The molecule has 0 saturated carbocycles. The quantitative estimate of drug-likeness (QED) is 0.382. The number of nitrogens with zero attached hydrogens (tertiary/aromatic N) is 2. The molecule has 2 amide bonds. The minimum atomic E-state index is -0.349. The van der Waals surface area contributed by atoms with E-state index in [1.54, 1.807) is 0 Å². The molecule has 5 rings (SSSR count). The van der Waals surface area contributed by atoms with Crippen LogP contribution in [-0.2, 0) is 23.2 Å². The fourth-order valence-corrected chi connectivity index (χ4v) is 4.52. The Hall–Kier alpha value is -3.25. The van der Waals surface area contributed by atoms with Gasteiger partial charge in [-0.05, 0) is 24.3 Å². The highest BCUT2D eigenvalue weighted by molar-refractivity contribution is 7.80. The molecule has 3 heterocycles. The molecule has 1 aliphatic heterocycles. The maximum absolute atomic E-state index is 13.0. The first-order valence-electron chi connectivity index (χ1n) is 9.93. The fraction of sp³-hybridized carbons (Fsp3) is 0.167. The lowest BCUT2D eigenvalue weighted by molar-refractivity contribution is -0.122. The first kappa shape index (κ1) is 18.8. The standard InChI is InChI=1S/C24H21N3O2S/c1-26-13-17(15-7-2-4-9-19(15)26)21-22(24(29)25-23(21)28)18-14-27(11-6-12-30)20-10-5-3-8-16(18)20/h2-5,7-10,13-14,30H,6,11-12H2,1H3,(H,25,28,29). The highest BCUT2D eigenvalue weighted by atomic mass is 32.1. The second kappa shape index (κ2) is 7.22. The number of aryl methyl sites for hydroxylation is 2. The topological polar surface area (TPSA) is 56.0 Å². The Kier molecular flexibility index (Phi) is 4.51. The lowest BCUT2D eigenvalue weighted by Crippen LogP contribution is -2.22. The SMILES string of the molecule is Cn1cc(C2=C(c3cn(CCCS)c4ccccc34)C(=O)NC2=O)c2ccccc21. The summed E-state index contributed by atoms with van der Waals surface area (Å²) in [7, 11) is 1.95. The van der Waals surface area contributed by atoms with Crippen LogP contribution in [0.15, 0.2) is 60.9 Å². The van der Waals surface area contributed by atoms with Crippen molar-refractivity contribution >= 4 is 57.4 Å². The first-order valence-corrected chi connectivity index (χ1v) is 10.6. The van der Waals surface area contributed by atoms with Gasteiger partial charge in [0.2, 0.25) is 0 Å². The van der Waals surface area contributed by atoms with Crippen LogP contribution in [0.3, 0.4) is 0 Å². The van der Waals surface area contributed by atoms with Gasteiger partial charge in [-0.2, -0.15) is 12.6 Å². The second-order valence-electron chi connectivity index (χ2n) is 7.53. The van der Waals surface area contributed by atoms with Crippen LogP contribution in [0, 0.1) is 0 Å². The predicted octanol–water partition coefficient (Wildman–Crippen LogP) is 4.02. The van der Waals surface area contributed by atoms with Crippen molar-refractivity contribution in [3.8, 4) is 0 Å². The maximum Gasteiger partial charge on any atom is 0.259 e. The van der Waals surface area contributed by atoms with E-state index in [4.69, 9.17) is 0 Å².